The zero-order valence-corrected chi connectivity index (χ0v) is 32.6. The van der Waals surface area contributed by atoms with E-state index in [-0.39, 0.29) is 34.2 Å². The zero-order chi connectivity index (χ0) is 37.3. The molecule has 2 aliphatic heterocycles. The van der Waals surface area contributed by atoms with Crippen LogP contribution in [0.25, 0.3) is 0 Å². The molecule has 0 saturated carbocycles. The number of aromatic nitrogens is 1. The van der Waals surface area contributed by atoms with E-state index in [0.717, 1.165) is 53.1 Å². The molecule has 1 unspecified atom stereocenters. The first kappa shape index (κ1) is 38.2. The summed E-state index contributed by atoms with van der Waals surface area (Å²) in [5, 5.41) is 4.64. The second-order valence-electron chi connectivity index (χ2n) is 15.0. The van der Waals surface area contributed by atoms with Gasteiger partial charge in [-0.1, -0.05) is 63.2 Å². The quantitative estimate of drug-likeness (QED) is 0.148. The number of nitrogens with one attached hydrogen (secondary N) is 2. The number of alkyl halides is 3. The molecule has 7 nitrogen and oxygen atoms in total. The first-order chi connectivity index (χ1) is 24.5. The molecule has 13 heteroatoms. The minimum absolute atomic E-state index is 0.0788. The van der Waals surface area contributed by atoms with Crippen LogP contribution in [0.15, 0.2) is 107 Å². The second kappa shape index (κ2) is 15.1. The molecule has 0 bridgehead atoms. The largest absolute Gasteiger partial charge is 0.416 e. The first-order valence-electron chi connectivity index (χ1n) is 17.4. The fourth-order valence-corrected chi connectivity index (χ4v) is 9.69. The van der Waals surface area contributed by atoms with Crippen LogP contribution in [0.1, 0.15) is 73.6 Å². The normalized spacial score (nSPS) is 20.5. The van der Waals surface area contributed by atoms with E-state index in [1.807, 2.05) is 24.4 Å². The predicted molar refractivity (Wildman–Crippen MR) is 206 cm³/mol. The molecule has 0 spiro atoms. The average molecular weight is 767 g/mol. The summed E-state index contributed by atoms with van der Waals surface area (Å²) >= 11 is 1.49. The van der Waals surface area contributed by atoms with Crippen molar-refractivity contribution in [2.75, 3.05) is 10.5 Å². The van der Waals surface area contributed by atoms with Crippen molar-refractivity contribution in [3.05, 3.63) is 125 Å². The highest BCUT2D eigenvalue weighted by molar-refractivity contribution is 8.14. The molecule has 52 heavy (non-hydrogen) atoms. The summed E-state index contributed by atoms with van der Waals surface area (Å²) < 4.78 is 75.0. The van der Waals surface area contributed by atoms with Gasteiger partial charge in [0.05, 0.1) is 27.6 Å². The average Bonchev–Trinajstić information content (AvgIpc) is 3.78. The Bertz CT molecular complexity index is 1970. The SMILES string of the molecule is CC(C)(C)[Si](C)(C)O[C@H](c1cccnc1)[C@H]1CC[C@H](Cc2ccc(NS(=O)(=O)c3ccc(C4=NC(c5ccc(C(F)(F)F)cc5)CS4)cc3)cc2)N1. The third-order valence-electron chi connectivity index (χ3n) is 10.3. The highest BCUT2D eigenvalue weighted by atomic mass is 32.2. The van der Waals surface area contributed by atoms with Crippen molar-refractivity contribution in [2.45, 2.75) is 93.5 Å². The first-order valence-corrected chi connectivity index (χ1v) is 22.8. The number of pyridine rings is 1. The molecule has 1 fully saturated rings. The zero-order valence-electron chi connectivity index (χ0n) is 29.9. The summed E-state index contributed by atoms with van der Waals surface area (Å²) in [5.41, 5.74) is 3.44. The molecule has 0 amide bonds. The van der Waals surface area contributed by atoms with Crippen LogP contribution >= 0.6 is 11.8 Å². The van der Waals surface area contributed by atoms with E-state index in [9.17, 15) is 21.6 Å². The van der Waals surface area contributed by atoms with Gasteiger partial charge in [0.25, 0.3) is 10.0 Å². The van der Waals surface area contributed by atoms with Crippen molar-refractivity contribution in [2.24, 2.45) is 4.99 Å². The molecule has 4 atom stereocenters. The van der Waals surface area contributed by atoms with Crippen molar-refractivity contribution >= 4 is 40.8 Å². The Balaban J connectivity index is 1.05. The minimum Gasteiger partial charge on any atom is -0.408 e. The van der Waals surface area contributed by atoms with Gasteiger partial charge >= 0.3 is 6.18 Å². The number of nitrogens with zero attached hydrogens (tertiary/aromatic N) is 2. The third kappa shape index (κ3) is 8.99. The van der Waals surface area contributed by atoms with Crippen molar-refractivity contribution in [1.29, 1.82) is 0 Å². The van der Waals surface area contributed by atoms with Crippen LogP contribution in [0, 0.1) is 0 Å². The van der Waals surface area contributed by atoms with Crippen LogP contribution in [0.3, 0.4) is 0 Å². The molecule has 4 aromatic rings. The lowest BCUT2D eigenvalue weighted by Crippen LogP contribution is -2.46. The Kier molecular flexibility index (Phi) is 11.1. The van der Waals surface area contributed by atoms with Crippen LogP contribution in [0.4, 0.5) is 18.9 Å². The number of sulfonamides is 1. The number of benzene rings is 3. The van der Waals surface area contributed by atoms with Gasteiger partial charge in [-0.05, 0) is 96.5 Å². The van der Waals surface area contributed by atoms with Crippen molar-refractivity contribution < 1.29 is 26.0 Å². The van der Waals surface area contributed by atoms with E-state index in [4.69, 9.17) is 9.42 Å². The highest BCUT2D eigenvalue weighted by Gasteiger charge is 2.42. The summed E-state index contributed by atoms with van der Waals surface area (Å²) in [6.45, 7) is 11.3. The minimum atomic E-state index is -4.39. The van der Waals surface area contributed by atoms with Crippen LogP contribution < -0.4 is 10.0 Å². The molecule has 276 valence electrons. The van der Waals surface area contributed by atoms with Gasteiger partial charge in [0.15, 0.2) is 8.32 Å². The van der Waals surface area contributed by atoms with E-state index in [2.05, 4.69) is 55.0 Å². The number of hydrogen-bond donors (Lipinski definition) is 2. The van der Waals surface area contributed by atoms with Gasteiger partial charge < -0.3 is 9.74 Å². The maximum Gasteiger partial charge on any atom is 0.416 e. The molecule has 6 rings (SSSR count). The van der Waals surface area contributed by atoms with Gasteiger partial charge in [0, 0.05) is 41.5 Å². The monoisotopic (exact) mass is 766 g/mol. The Morgan fingerprint density at radius 3 is 2.27 bits per heavy atom. The summed E-state index contributed by atoms with van der Waals surface area (Å²) in [7, 11) is -5.90. The summed E-state index contributed by atoms with van der Waals surface area (Å²) in [4.78, 5) is 9.19. The fourth-order valence-electron chi connectivity index (χ4n) is 6.25. The number of anilines is 1. The number of aliphatic imine (C=N–C) groups is 1. The summed E-state index contributed by atoms with van der Waals surface area (Å²) in [5.74, 6) is 0.590. The molecule has 1 aromatic heterocycles. The van der Waals surface area contributed by atoms with Crippen LogP contribution in [-0.2, 0) is 27.0 Å². The van der Waals surface area contributed by atoms with Gasteiger partial charge in [-0.2, -0.15) is 13.2 Å². The molecular formula is C39H45F3N4O3S2Si. The Morgan fingerprint density at radius 2 is 1.65 bits per heavy atom. The van der Waals surface area contributed by atoms with Gasteiger partial charge in [-0.25, -0.2) is 8.42 Å². The number of thioether (sulfide) groups is 1. The van der Waals surface area contributed by atoms with Gasteiger partial charge in [0.2, 0.25) is 0 Å². The summed E-state index contributed by atoms with van der Waals surface area (Å²) in [6.07, 6.45) is 2.04. The van der Waals surface area contributed by atoms with Crippen molar-refractivity contribution in [3.63, 3.8) is 0 Å². The number of hydrogen-bond acceptors (Lipinski definition) is 7. The summed E-state index contributed by atoms with van der Waals surface area (Å²) in [6, 6.07) is 23.3. The van der Waals surface area contributed by atoms with E-state index < -0.39 is 30.1 Å². The van der Waals surface area contributed by atoms with E-state index >= 15 is 0 Å². The molecule has 3 heterocycles. The van der Waals surface area contributed by atoms with Crippen LogP contribution in [0.5, 0.6) is 0 Å². The van der Waals surface area contributed by atoms with Crippen LogP contribution in [0.2, 0.25) is 18.1 Å². The standard InChI is InChI=1S/C39H45F3N4O3S2Si/c1-38(2,3)52(4,5)49-36(29-7-6-22-43-24-29)34-21-18-32(44-34)23-26-8-16-31(17-9-26)46-51(47,48)33-19-12-28(13-20-33)37-45-35(25-50-37)27-10-14-30(15-11-27)39(40,41)42/h6-17,19-20,22,24,32,34-36,44,46H,18,21,23,25H2,1-5H3/t32-,34-,35?,36-/m1/s1. The van der Waals surface area contributed by atoms with Crippen molar-refractivity contribution in [3.8, 4) is 0 Å². The highest BCUT2D eigenvalue weighted by Crippen LogP contribution is 2.42. The van der Waals surface area contributed by atoms with E-state index in [0.29, 0.717) is 17.0 Å². The lowest BCUT2D eigenvalue weighted by molar-refractivity contribution is -0.137. The fraction of sp³-hybridized carbons (Fsp3) is 0.385. The third-order valence-corrected chi connectivity index (χ3v) is 17.2. The maximum atomic E-state index is 13.3. The lowest BCUT2D eigenvalue weighted by Gasteiger charge is -2.41. The Labute approximate surface area is 310 Å². The number of rotatable bonds is 11. The molecule has 1 saturated heterocycles. The molecular weight excluding hydrogens is 722 g/mol. The van der Waals surface area contributed by atoms with Crippen LogP contribution in [-0.4, -0.2) is 44.6 Å². The molecule has 2 aliphatic rings. The second-order valence-corrected chi connectivity index (χ2v) is 22.5. The van der Waals surface area contributed by atoms with Gasteiger partial charge in [-0.15, -0.1) is 11.8 Å². The van der Waals surface area contributed by atoms with Gasteiger partial charge in [-0.3, -0.25) is 14.7 Å². The predicted octanol–water partition coefficient (Wildman–Crippen LogP) is 9.56. The molecule has 2 N–H and O–H groups in total. The van der Waals surface area contributed by atoms with E-state index in [1.165, 1.54) is 36.0 Å². The Morgan fingerprint density at radius 1 is 0.962 bits per heavy atom. The van der Waals surface area contributed by atoms with Gasteiger partial charge in [0.1, 0.15) is 0 Å². The topological polar surface area (TPSA) is 92.7 Å². The van der Waals surface area contributed by atoms with E-state index in [1.54, 1.807) is 30.5 Å². The Hall–Kier alpha value is -3.49. The molecule has 0 radical (unpaired) electrons. The maximum absolute atomic E-state index is 13.3. The molecule has 0 aliphatic carbocycles. The number of halogens is 3. The smallest absolute Gasteiger partial charge is 0.408 e. The molecule has 3 aromatic carbocycles. The lowest BCUT2D eigenvalue weighted by atomic mass is 10.0. The van der Waals surface area contributed by atoms with Crippen molar-refractivity contribution in [1.82, 2.24) is 10.3 Å².